The van der Waals surface area contributed by atoms with Crippen LogP contribution in [-0.4, -0.2) is 27.1 Å². The van der Waals surface area contributed by atoms with Crippen molar-refractivity contribution in [1.82, 2.24) is 20.1 Å². The summed E-state index contributed by atoms with van der Waals surface area (Å²) < 4.78 is 0. The Morgan fingerprint density at radius 3 is 2.64 bits per heavy atom. The molecule has 0 spiro atoms. The number of rotatable bonds is 5. The molecular formula is C18H20N4. The third kappa shape index (κ3) is 3.40. The molecule has 2 heterocycles. The van der Waals surface area contributed by atoms with E-state index in [2.05, 4.69) is 58.3 Å². The van der Waals surface area contributed by atoms with Gasteiger partial charge >= 0.3 is 0 Å². The Morgan fingerprint density at radius 1 is 1.05 bits per heavy atom. The van der Waals surface area contributed by atoms with E-state index >= 15 is 0 Å². The zero-order chi connectivity index (χ0) is 15.4. The zero-order valence-electron chi connectivity index (χ0n) is 13.0. The van der Waals surface area contributed by atoms with E-state index < -0.39 is 0 Å². The van der Waals surface area contributed by atoms with Crippen LogP contribution in [0.15, 0.2) is 54.7 Å². The second-order valence-corrected chi connectivity index (χ2v) is 5.58. The van der Waals surface area contributed by atoms with Crippen molar-refractivity contribution in [3.63, 3.8) is 0 Å². The molecule has 1 N–H and O–H groups in total. The second kappa shape index (κ2) is 6.54. The van der Waals surface area contributed by atoms with Crippen molar-refractivity contribution in [1.29, 1.82) is 0 Å². The molecule has 0 aliphatic carbocycles. The first-order valence-electron chi connectivity index (χ1n) is 7.41. The van der Waals surface area contributed by atoms with Gasteiger partial charge in [0.05, 0.1) is 11.4 Å². The highest BCUT2D eigenvalue weighted by atomic mass is 15.2. The Bertz CT molecular complexity index is 734. The molecule has 0 atom stereocenters. The largest absolute Gasteiger partial charge is 0.295 e. The fourth-order valence-corrected chi connectivity index (χ4v) is 2.49. The van der Waals surface area contributed by atoms with Crippen molar-refractivity contribution >= 4 is 0 Å². The summed E-state index contributed by atoms with van der Waals surface area (Å²) in [5.41, 5.74) is 5.57. The molecule has 4 nitrogen and oxygen atoms in total. The minimum atomic E-state index is 0.815. The molecule has 0 saturated heterocycles. The van der Waals surface area contributed by atoms with Crippen LogP contribution in [0.3, 0.4) is 0 Å². The van der Waals surface area contributed by atoms with Crippen LogP contribution < -0.4 is 0 Å². The first-order valence-corrected chi connectivity index (χ1v) is 7.41. The number of H-pyrrole nitrogens is 1. The van der Waals surface area contributed by atoms with Crippen LogP contribution in [-0.2, 0) is 13.1 Å². The van der Waals surface area contributed by atoms with Gasteiger partial charge in [0.1, 0.15) is 0 Å². The molecular weight excluding hydrogens is 272 g/mol. The lowest BCUT2D eigenvalue weighted by molar-refractivity contribution is 0.310. The molecule has 0 unspecified atom stereocenters. The number of hydrogen-bond donors (Lipinski definition) is 1. The van der Waals surface area contributed by atoms with E-state index in [0.717, 1.165) is 35.7 Å². The quantitative estimate of drug-likeness (QED) is 0.783. The van der Waals surface area contributed by atoms with Gasteiger partial charge in [0, 0.05) is 30.5 Å². The number of benzene rings is 1. The van der Waals surface area contributed by atoms with Crippen LogP contribution in [0, 0.1) is 6.92 Å². The van der Waals surface area contributed by atoms with Gasteiger partial charge in [-0.1, -0.05) is 36.4 Å². The van der Waals surface area contributed by atoms with Gasteiger partial charge in [0.2, 0.25) is 0 Å². The SMILES string of the molecule is Cc1cccnc1CN(C)Cc1cc(-c2ccccc2)n[nH]1. The third-order valence-electron chi connectivity index (χ3n) is 3.68. The van der Waals surface area contributed by atoms with Gasteiger partial charge in [-0.2, -0.15) is 5.10 Å². The van der Waals surface area contributed by atoms with Gasteiger partial charge in [0.15, 0.2) is 0 Å². The molecule has 1 aromatic carbocycles. The molecule has 0 fully saturated rings. The van der Waals surface area contributed by atoms with Crippen LogP contribution in [0.2, 0.25) is 0 Å². The Hall–Kier alpha value is -2.46. The number of hydrogen-bond acceptors (Lipinski definition) is 3. The Balaban J connectivity index is 1.66. The number of nitrogens with one attached hydrogen (secondary N) is 1. The Labute approximate surface area is 130 Å². The van der Waals surface area contributed by atoms with Crippen LogP contribution in [0.25, 0.3) is 11.3 Å². The van der Waals surface area contributed by atoms with E-state index in [4.69, 9.17) is 0 Å². The summed E-state index contributed by atoms with van der Waals surface area (Å²) in [5, 5.41) is 7.52. The summed E-state index contributed by atoms with van der Waals surface area (Å²) >= 11 is 0. The zero-order valence-corrected chi connectivity index (χ0v) is 13.0. The summed E-state index contributed by atoms with van der Waals surface area (Å²) in [6.45, 7) is 3.74. The fourth-order valence-electron chi connectivity index (χ4n) is 2.49. The van der Waals surface area contributed by atoms with Gasteiger partial charge in [0.25, 0.3) is 0 Å². The number of nitrogens with zero attached hydrogens (tertiary/aromatic N) is 3. The van der Waals surface area contributed by atoms with Crippen molar-refractivity contribution in [2.45, 2.75) is 20.0 Å². The van der Waals surface area contributed by atoms with E-state index in [1.165, 1.54) is 5.56 Å². The smallest absolute Gasteiger partial charge is 0.0924 e. The average molecular weight is 292 g/mol. The van der Waals surface area contributed by atoms with Crippen LogP contribution in [0.4, 0.5) is 0 Å². The average Bonchev–Trinajstić information content (AvgIpc) is 2.99. The lowest BCUT2D eigenvalue weighted by Gasteiger charge is -2.16. The summed E-state index contributed by atoms with van der Waals surface area (Å²) in [4.78, 5) is 6.68. The molecule has 112 valence electrons. The molecule has 0 radical (unpaired) electrons. The van der Waals surface area contributed by atoms with E-state index in [-0.39, 0.29) is 0 Å². The molecule has 0 bridgehead atoms. The predicted molar refractivity (Wildman–Crippen MR) is 88.2 cm³/mol. The van der Waals surface area contributed by atoms with Crippen LogP contribution >= 0.6 is 0 Å². The van der Waals surface area contributed by atoms with Gasteiger partial charge in [-0.05, 0) is 31.7 Å². The summed E-state index contributed by atoms with van der Waals surface area (Å²) in [5.74, 6) is 0. The Morgan fingerprint density at radius 2 is 1.86 bits per heavy atom. The van der Waals surface area contributed by atoms with Gasteiger partial charge < -0.3 is 0 Å². The van der Waals surface area contributed by atoms with Gasteiger partial charge in [-0.15, -0.1) is 0 Å². The number of aromatic amines is 1. The van der Waals surface area contributed by atoms with E-state index in [1.54, 1.807) is 0 Å². The third-order valence-corrected chi connectivity index (χ3v) is 3.68. The maximum atomic E-state index is 4.45. The standard InChI is InChI=1S/C18H20N4/c1-14-7-6-10-19-18(14)13-22(2)12-16-11-17(21-20-16)15-8-4-3-5-9-15/h3-11H,12-13H2,1-2H3,(H,20,21). The highest BCUT2D eigenvalue weighted by Crippen LogP contribution is 2.18. The van der Waals surface area contributed by atoms with Gasteiger partial charge in [-0.25, -0.2) is 0 Å². The number of aryl methyl sites for hydroxylation is 1. The van der Waals surface area contributed by atoms with Crippen LogP contribution in [0.1, 0.15) is 17.0 Å². The predicted octanol–water partition coefficient (Wildman–Crippen LogP) is 3.41. The summed E-state index contributed by atoms with van der Waals surface area (Å²) in [7, 11) is 2.09. The first-order chi connectivity index (χ1) is 10.7. The molecule has 22 heavy (non-hydrogen) atoms. The number of pyridine rings is 1. The molecule has 2 aromatic heterocycles. The van der Waals surface area contributed by atoms with Gasteiger partial charge in [-0.3, -0.25) is 15.0 Å². The molecule has 3 rings (SSSR count). The van der Waals surface area contributed by atoms with Crippen molar-refractivity contribution in [2.75, 3.05) is 7.05 Å². The van der Waals surface area contributed by atoms with Crippen LogP contribution in [0.5, 0.6) is 0 Å². The first kappa shape index (κ1) is 14.5. The molecule has 0 aliphatic heterocycles. The van der Waals surface area contributed by atoms with E-state index in [1.807, 2.05) is 30.5 Å². The highest BCUT2D eigenvalue weighted by Gasteiger charge is 2.08. The minimum absolute atomic E-state index is 0.815. The van der Waals surface area contributed by atoms with E-state index in [9.17, 15) is 0 Å². The Kier molecular flexibility index (Phi) is 4.30. The highest BCUT2D eigenvalue weighted by molar-refractivity contribution is 5.58. The summed E-state index contributed by atoms with van der Waals surface area (Å²) in [6, 6.07) is 16.4. The molecule has 0 saturated carbocycles. The van der Waals surface area contributed by atoms with Crippen molar-refractivity contribution in [3.05, 3.63) is 71.7 Å². The second-order valence-electron chi connectivity index (χ2n) is 5.58. The van der Waals surface area contributed by atoms with E-state index in [0.29, 0.717) is 0 Å². The van der Waals surface area contributed by atoms with Crippen molar-refractivity contribution < 1.29 is 0 Å². The topological polar surface area (TPSA) is 44.8 Å². The molecule has 4 heteroatoms. The molecule has 3 aromatic rings. The van der Waals surface area contributed by atoms with Crippen molar-refractivity contribution in [3.8, 4) is 11.3 Å². The fraction of sp³-hybridized carbons (Fsp3) is 0.222. The lowest BCUT2D eigenvalue weighted by Crippen LogP contribution is -2.18. The maximum Gasteiger partial charge on any atom is 0.0924 e. The normalized spacial score (nSPS) is 11.0. The monoisotopic (exact) mass is 292 g/mol. The minimum Gasteiger partial charge on any atom is -0.295 e. The lowest BCUT2D eigenvalue weighted by atomic mass is 10.1. The molecule has 0 aliphatic rings. The number of aromatic nitrogens is 3. The molecule has 0 amide bonds. The van der Waals surface area contributed by atoms with Crippen molar-refractivity contribution in [2.24, 2.45) is 0 Å². The summed E-state index contributed by atoms with van der Waals surface area (Å²) in [6.07, 6.45) is 1.85. The maximum absolute atomic E-state index is 4.45.